The van der Waals surface area contributed by atoms with Crippen molar-refractivity contribution in [1.82, 2.24) is 0 Å². The van der Waals surface area contributed by atoms with Crippen molar-refractivity contribution >= 4 is 17.7 Å². The van der Waals surface area contributed by atoms with Gasteiger partial charge in [0.25, 0.3) is 5.91 Å². The summed E-state index contributed by atoms with van der Waals surface area (Å²) in [7, 11) is 1.57. The summed E-state index contributed by atoms with van der Waals surface area (Å²) in [5, 5.41) is 12.5. The summed E-state index contributed by atoms with van der Waals surface area (Å²) in [6, 6.07) is 19.5. The highest BCUT2D eigenvalue weighted by atomic mass is 16.5. The van der Waals surface area contributed by atoms with Gasteiger partial charge in [0.15, 0.2) is 11.5 Å². The van der Waals surface area contributed by atoms with E-state index >= 15 is 0 Å². The van der Waals surface area contributed by atoms with Gasteiger partial charge in [0.05, 0.1) is 7.11 Å². The Balaban J connectivity index is 1.90. The lowest BCUT2D eigenvalue weighted by molar-refractivity contribution is -0.112. The highest BCUT2D eigenvalue weighted by molar-refractivity contribution is 6.10. The average Bonchev–Trinajstić information content (AvgIpc) is 2.84. The van der Waals surface area contributed by atoms with Crippen LogP contribution in [0.4, 0.5) is 5.69 Å². The van der Waals surface area contributed by atoms with E-state index in [1.807, 2.05) is 75.4 Å². The number of rotatable bonds is 9. The van der Waals surface area contributed by atoms with E-state index in [2.05, 4.69) is 11.9 Å². The molecule has 1 amide bonds. The molecule has 1 N–H and O–H groups in total. The molecule has 5 nitrogen and oxygen atoms in total. The number of ether oxygens (including phenoxy) is 2. The van der Waals surface area contributed by atoms with Gasteiger partial charge in [0.2, 0.25) is 0 Å². The van der Waals surface area contributed by atoms with Gasteiger partial charge in [0.1, 0.15) is 18.2 Å². The highest BCUT2D eigenvalue weighted by Crippen LogP contribution is 2.35. The SMILES string of the molecule is C=CCc1cc(/C=C(\C#N)C(=O)Nc2ccc(C)cc2C)cc(OC)c1OCc1ccc(C)cc1. The largest absolute Gasteiger partial charge is 0.493 e. The van der Waals surface area contributed by atoms with Crippen LogP contribution < -0.4 is 14.8 Å². The van der Waals surface area contributed by atoms with Crippen LogP contribution in [0, 0.1) is 32.1 Å². The Labute approximate surface area is 207 Å². The van der Waals surface area contributed by atoms with Gasteiger partial charge in [0, 0.05) is 11.3 Å². The lowest BCUT2D eigenvalue weighted by atomic mass is 10.0. The van der Waals surface area contributed by atoms with Crippen LogP contribution in [0.2, 0.25) is 0 Å². The molecule has 0 fully saturated rings. The summed E-state index contributed by atoms with van der Waals surface area (Å²) in [5.41, 5.74) is 6.43. The first-order chi connectivity index (χ1) is 16.8. The number of anilines is 1. The van der Waals surface area contributed by atoms with E-state index in [1.54, 1.807) is 25.3 Å². The van der Waals surface area contributed by atoms with E-state index < -0.39 is 5.91 Å². The van der Waals surface area contributed by atoms with Crippen molar-refractivity contribution in [1.29, 1.82) is 5.26 Å². The third-order valence-corrected chi connectivity index (χ3v) is 5.55. The van der Waals surface area contributed by atoms with Crippen molar-refractivity contribution in [2.75, 3.05) is 12.4 Å². The molecule has 0 saturated carbocycles. The Hall–Kier alpha value is -4.30. The molecular formula is C30H30N2O3. The number of hydrogen-bond donors (Lipinski definition) is 1. The van der Waals surface area contributed by atoms with Crippen molar-refractivity contribution in [3.63, 3.8) is 0 Å². The van der Waals surface area contributed by atoms with Crippen LogP contribution in [0.3, 0.4) is 0 Å². The Morgan fingerprint density at radius 1 is 1.06 bits per heavy atom. The maximum Gasteiger partial charge on any atom is 0.266 e. The van der Waals surface area contributed by atoms with E-state index in [0.29, 0.717) is 35.8 Å². The Bertz CT molecular complexity index is 1300. The maximum absolute atomic E-state index is 12.8. The molecular weight excluding hydrogens is 436 g/mol. The van der Waals surface area contributed by atoms with Gasteiger partial charge in [-0.05, 0) is 68.2 Å². The minimum absolute atomic E-state index is 0.00935. The van der Waals surface area contributed by atoms with Gasteiger partial charge < -0.3 is 14.8 Å². The number of carbonyl (C=O) groups is 1. The number of amides is 1. The summed E-state index contributed by atoms with van der Waals surface area (Å²) < 4.78 is 11.7. The van der Waals surface area contributed by atoms with Crippen LogP contribution in [-0.4, -0.2) is 13.0 Å². The monoisotopic (exact) mass is 466 g/mol. The highest BCUT2D eigenvalue weighted by Gasteiger charge is 2.15. The molecule has 0 saturated heterocycles. The average molecular weight is 467 g/mol. The van der Waals surface area contributed by atoms with Crippen LogP contribution in [0.1, 0.15) is 33.4 Å². The Kier molecular flexibility index (Phi) is 8.48. The number of allylic oxidation sites excluding steroid dienone is 1. The summed E-state index contributed by atoms with van der Waals surface area (Å²) in [4.78, 5) is 12.8. The Morgan fingerprint density at radius 3 is 2.40 bits per heavy atom. The van der Waals surface area contributed by atoms with E-state index in [9.17, 15) is 10.1 Å². The molecule has 3 aromatic rings. The molecule has 178 valence electrons. The Morgan fingerprint density at radius 2 is 1.77 bits per heavy atom. The zero-order valence-corrected chi connectivity index (χ0v) is 20.6. The van der Waals surface area contributed by atoms with Gasteiger partial charge in [-0.3, -0.25) is 4.79 Å². The van der Waals surface area contributed by atoms with Gasteiger partial charge in [-0.15, -0.1) is 6.58 Å². The van der Waals surface area contributed by atoms with Gasteiger partial charge in [-0.2, -0.15) is 5.26 Å². The van der Waals surface area contributed by atoms with Gasteiger partial charge in [-0.1, -0.05) is 53.6 Å². The zero-order valence-electron chi connectivity index (χ0n) is 20.6. The minimum Gasteiger partial charge on any atom is -0.493 e. The summed E-state index contributed by atoms with van der Waals surface area (Å²) in [5.74, 6) is 0.668. The molecule has 0 radical (unpaired) electrons. The number of nitriles is 1. The molecule has 0 aliphatic rings. The number of nitrogens with zero attached hydrogens (tertiary/aromatic N) is 1. The van der Waals surface area contributed by atoms with Crippen molar-refractivity contribution in [3.05, 3.63) is 106 Å². The third kappa shape index (κ3) is 6.61. The van der Waals surface area contributed by atoms with Gasteiger partial charge >= 0.3 is 0 Å². The molecule has 0 bridgehead atoms. The molecule has 0 atom stereocenters. The second-order valence-corrected chi connectivity index (χ2v) is 8.42. The normalized spacial score (nSPS) is 10.9. The predicted octanol–water partition coefficient (Wildman–Crippen LogP) is 6.47. The molecule has 3 aromatic carbocycles. The van der Waals surface area contributed by atoms with Crippen LogP contribution in [0.15, 0.2) is 72.8 Å². The van der Waals surface area contributed by atoms with Crippen molar-refractivity contribution in [3.8, 4) is 17.6 Å². The topological polar surface area (TPSA) is 71.4 Å². The summed E-state index contributed by atoms with van der Waals surface area (Å²) in [6.45, 7) is 10.2. The molecule has 0 unspecified atom stereocenters. The molecule has 5 heteroatoms. The lowest BCUT2D eigenvalue weighted by Gasteiger charge is -2.16. The first kappa shape index (κ1) is 25.3. The minimum atomic E-state index is -0.469. The predicted molar refractivity (Wildman–Crippen MR) is 141 cm³/mol. The van der Waals surface area contributed by atoms with Crippen LogP contribution in [-0.2, 0) is 17.8 Å². The second-order valence-electron chi connectivity index (χ2n) is 8.42. The first-order valence-electron chi connectivity index (χ1n) is 11.3. The van der Waals surface area contributed by atoms with Crippen molar-refractivity contribution in [2.24, 2.45) is 0 Å². The fourth-order valence-electron chi connectivity index (χ4n) is 3.69. The quantitative estimate of drug-likeness (QED) is 0.223. The number of methoxy groups -OCH3 is 1. The van der Waals surface area contributed by atoms with Crippen molar-refractivity contribution in [2.45, 2.75) is 33.8 Å². The first-order valence-corrected chi connectivity index (χ1v) is 11.3. The number of benzene rings is 3. The number of carbonyl (C=O) groups excluding carboxylic acids is 1. The molecule has 0 heterocycles. The molecule has 0 aromatic heterocycles. The van der Waals surface area contributed by atoms with E-state index in [-0.39, 0.29) is 5.57 Å². The lowest BCUT2D eigenvalue weighted by Crippen LogP contribution is -2.14. The van der Waals surface area contributed by atoms with Crippen LogP contribution in [0.5, 0.6) is 11.5 Å². The summed E-state index contributed by atoms with van der Waals surface area (Å²) >= 11 is 0. The summed E-state index contributed by atoms with van der Waals surface area (Å²) in [6.07, 6.45) is 3.87. The standard InChI is InChI=1S/C30H30N2O3/c1-6-7-25-15-24(16-26(18-31)30(33)32-27-13-10-21(3)14-22(27)4)17-28(34-5)29(25)35-19-23-11-8-20(2)9-12-23/h6,8-17H,1,7,19H2,2-5H3,(H,32,33)/b26-16+. The fraction of sp³-hybridized carbons (Fsp3) is 0.200. The number of hydrogen-bond acceptors (Lipinski definition) is 4. The molecule has 0 spiro atoms. The fourth-order valence-corrected chi connectivity index (χ4v) is 3.69. The van der Waals surface area contributed by atoms with Gasteiger partial charge in [-0.25, -0.2) is 0 Å². The number of nitrogens with one attached hydrogen (secondary N) is 1. The van der Waals surface area contributed by atoms with Crippen LogP contribution in [0.25, 0.3) is 6.08 Å². The molecule has 0 aliphatic carbocycles. The molecule has 35 heavy (non-hydrogen) atoms. The van der Waals surface area contributed by atoms with E-state index in [1.165, 1.54) is 5.56 Å². The molecule has 0 aliphatic heterocycles. The molecule has 3 rings (SSSR count). The second kappa shape index (κ2) is 11.7. The third-order valence-electron chi connectivity index (χ3n) is 5.55. The van der Waals surface area contributed by atoms with Crippen molar-refractivity contribution < 1.29 is 14.3 Å². The smallest absolute Gasteiger partial charge is 0.266 e. The van der Waals surface area contributed by atoms with Crippen LogP contribution >= 0.6 is 0 Å². The number of aryl methyl sites for hydroxylation is 3. The van der Waals surface area contributed by atoms with E-state index in [0.717, 1.165) is 22.3 Å². The van der Waals surface area contributed by atoms with E-state index in [4.69, 9.17) is 9.47 Å². The maximum atomic E-state index is 12.8. The zero-order chi connectivity index (χ0) is 25.4.